The van der Waals surface area contributed by atoms with Gasteiger partial charge in [0.1, 0.15) is 9.84 Å². The molecule has 6 heteroatoms. The van der Waals surface area contributed by atoms with Gasteiger partial charge in [-0.3, -0.25) is 4.79 Å². The Morgan fingerprint density at radius 3 is 2.70 bits per heavy atom. The number of sulfone groups is 1. The van der Waals surface area contributed by atoms with Gasteiger partial charge in [-0.15, -0.1) is 0 Å². The molecule has 128 valence electrons. The first kappa shape index (κ1) is 17.9. The van der Waals surface area contributed by atoms with Gasteiger partial charge in [-0.25, -0.2) is 8.42 Å². The van der Waals surface area contributed by atoms with Crippen LogP contribution in [-0.4, -0.2) is 50.5 Å². The molecule has 23 heavy (non-hydrogen) atoms. The molecule has 1 aliphatic heterocycles. The number of carbonyl (C=O) groups is 1. The highest BCUT2D eigenvalue weighted by molar-refractivity contribution is 7.90. The molecule has 1 saturated heterocycles. The minimum Gasteiger partial charge on any atom is -0.376 e. The zero-order valence-electron chi connectivity index (χ0n) is 13.8. The summed E-state index contributed by atoms with van der Waals surface area (Å²) in [6, 6.07) is 7.94. The summed E-state index contributed by atoms with van der Waals surface area (Å²) in [5.41, 5.74) is 2.21. The van der Waals surface area contributed by atoms with Crippen molar-refractivity contribution in [2.24, 2.45) is 0 Å². The van der Waals surface area contributed by atoms with Gasteiger partial charge in [0.2, 0.25) is 5.91 Å². The van der Waals surface area contributed by atoms with E-state index in [0.29, 0.717) is 13.1 Å². The zero-order valence-corrected chi connectivity index (χ0v) is 14.6. The summed E-state index contributed by atoms with van der Waals surface area (Å²) in [7, 11) is -3.14. The average molecular weight is 339 g/mol. The number of hydrogen-bond acceptors (Lipinski definition) is 4. The van der Waals surface area contributed by atoms with Gasteiger partial charge in [-0.05, 0) is 30.9 Å². The first-order valence-electron chi connectivity index (χ1n) is 7.97. The molecule has 5 nitrogen and oxygen atoms in total. The van der Waals surface area contributed by atoms with Crippen molar-refractivity contribution in [3.63, 3.8) is 0 Å². The van der Waals surface area contributed by atoms with Crippen LogP contribution in [0.1, 0.15) is 30.4 Å². The van der Waals surface area contributed by atoms with Gasteiger partial charge in [0.05, 0.1) is 11.9 Å². The third-order valence-corrected chi connectivity index (χ3v) is 5.06. The van der Waals surface area contributed by atoms with Gasteiger partial charge in [-0.2, -0.15) is 0 Å². The molecule has 0 N–H and O–H groups in total. The minimum absolute atomic E-state index is 0.0252. The van der Waals surface area contributed by atoms with Crippen LogP contribution >= 0.6 is 0 Å². The Bertz CT molecular complexity index is 636. The smallest absolute Gasteiger partial charge is 0.223 e. The molecule has 1 aromatic rings. The standard InChI is InChI=1S/C17H25NO4S/c1-14-6-3-4-7-15(14)12-18(13-16-8-5-10-22-16)17(19)9-11-23(2,20)21/h3-4,6-7,16H,5,8-13H2,1-2H3. The van der Waals surface area contributed by atoms with Crippen LogP contribution in [0.5, 0.6) is 0 Å². The number of rotatable bonds is 7. The van der Waals surface area contributed by atoms with Crippen molar-refractivity contribution in [1.82, 2.24) is 4.90 Å². The van der Waals surface area contributed by atoms with E-state index in [1.165, 1.54) is 0 Å². The molecule has 1 aliphatic rings. The second kappa shape index (κ2) is 7.93. The summed E-state index contributed by atoms with van der Waals surface area (Å²) in [4.78, 5) is 14.2. The Hall–Kier alpha value is -1.40. The number of ether oxygens (including phenoxy) is 1. The fourth-order valence-corrected chi connectivity index (χ4v) is 3.26. The average Bonchev–Trinajstić information content (AvgIpc) is 2.98. The Balaban J connectivity index is 2.07. The normalized spacial score (nSPS) is 18.1. The van der Waals surface area contributed by atoms with Gasteiger partial charge >= 0.3 is 0 Å². The van der Waals surface area contributed by atoms with Crippen LogP contribution in [0.15, 0.2) is 24.3 Å². The fourth-order valence-electron chi connectivity index (χ4n) is 2.71. The molecule has 2 rings (SSSR count). The molecule has 0 saturated carbocycles. The summed E-state index contributed by atoms with van der Waals surface area (Å²) in [5, 5.41) is 0. The van der Waals surface area contributed by atoms with Gasteiger partial charge in [0.25, 0.3) is 0 Å². The highest BCUT2D eigenvalue weighted by Gasteiger charge is 2.23. The van der Waals surface area contributed by atoms with Crippen molar-refractivity contribution in [2.45, 2.75) is 38.8 Å². The maximum absolute atomic E-state index is 12.5. The molecule has 1 atom stereocenters. The van der Waals surface area contributed by atoms with E-state index >= 15 is 0 Å². The number of hydrogen-bond donors (Lipinski definition) is 0. The Morgan fingerprint density at radius 2 is 2.09 bits per heavy atom. The van der Waals surface area contributed by atoms with E-state index < -0.39 is 9.84 Å². The predicted octanol–water partition coefficient (Wildman–Crippen LogP) is 1.94. The quantitative estimate of drug-likeness (QED) is 0.761. The van der Waals surface area contributed by atoms with E-state index in [1.807, 2.05) is 31.2 Å². The van der Waals surface area contributed by atoms with Crippen molar-refractivity contribution >= 4 is 15.7 Å². The van der Waals surface area contributed by atoms with Crippen LogP contribution in [0.3, 0.4) is 0 Å². The van der Waals surface area contributed by atoms with Gasteiger partial charge in [-0.1, -0.05) is 24.3 Å². The van der Waals surface area contributed by atoms with Crippen molar-refractivity contribution in [1.29, 1.82) is 0 Å². The molecule has 1 heterocycles. The molecular formula is C17H25NO4S. The highest BCUT2D eigenvalue weighted by Crippen LogP contribution is 2.17. The Labute approximate surface area is 138 Å². The summed E-state index contributed by atoms with van der Waals surface area (Å²) < 4.78 is 28.3. The summed E-state index contributed by atoms with van der Waals surface area (Å²) >= 11 is 0. The van der Waals surface area contributed by atoms with Crippen LogP contribution < -0.4 is 0 Å². The van der Waals surface area contributed by atoms with Gasteiger partial charge in [0, 0.05) is 32.4 Å². The highest BCUT2D eigenvalue weighted by atomic mass is 32.2. The van der Waals surface area contributed by atoms with E-state index in [1.54, 1.807) is 4.90 Å². The van der Waals surface area contributed by atoms with Gasteiger partial charge in [0.15, 0.2) is 0 Å². The van der Waals surface area contributed by atoms with E-state index in [2.05, 4.69) is 0 Å². The monoisotopic (exact) mass is 339 g/mol. The van der Waals surface area contributed by atoms with E-state index in [0.717, 1.165) is 36.8 Å². The molecule has 0 aliphatic carbocycles. The first-order chi connectivity index (χ1) is 10.8. The largest absolute Gasteiger partial charge is 0.376 e. The molecule has 0 radical (unpaired) electrons. The summed E-state index contributed by atoms with van der Waals surface area (Å²) in [6.45, 7) is 3.77. The molecule has 0 aromatic heterocycles. The van der Waals surface area contributed by atoms with Crippen LogP contribution in [0.2, 0.25) is 0 Å². The molecule has 1 aromatic carbocycles. The molecule has 1 unspecified atom stereocenters. The Kier molecular flexibility index (Phi) is 6.18. The number of carbonyl (C=O) groups excluding carboxylic acids is 1. The van der Waals surface area contributed by atoms with E-state index in [-0.39, 0.29) is 24.2 Å². The molecule has 1 fully saturated rings. The van der Waals surface area contributed by atoms with Crippen molar-refractivity contribution in [2.75, 3.05) is 25.2 Å². The summed E-state index contributed by atoms with van der Waals surface area (Å²) in [6.07, 6.45) is 3.20. The van der Waals surface area contributed by atoms with E-state index in [9.17, 15) is 13.2 Å². The third kappa shape index (κ3) is 5.95. The lowest BCUT2D eigenvalue weighted by atomic mass is 10.1. The number of nitrogens with zero attached hydrogens (tertiary/aromatic N) is 1. The van der Waals surface area contributed by atoms with Gasteiger partial charge < -0.3 is 9.64 Å². The minimum atomic E-state index is -3.14. The second-order valence-corrected chi connectivity index (χ2v) is 8.48. The lowest BCUT2D eigenvalue weighted by molar-refractivity contribution is -0.133. The number of benzene rings is 1. The van der Waals surface area contributed by atoms with Crippen LogP contribution in [0.4, 0.5) is 0 Å². The van der Waals surface area contributed by atoms with Crippen molar-refractivity contribution < 1.29 is 17.9 Å². The maximum atomic E-state index is 12.5. The zero-order chi connectivity index (χ0) is 16.9. The van der Waals surface area contributed by atoms with E-state index in [4.69, 9.17) is 4.74 Å². The topological polar surface area (TPSA) is 63.7 Å². The first-order valence-corrected chi connectivity index (χ1v) is 10.0. The van der Waals surface area contributed by atoms with Crippen LogP contribution in [-0.2, 0) is 25.9 Å². The molecule has 1 amide bonds. The third-order valence-electron chi connectivity index (χ3n) is 4.11. The number of amides is 1. The van der Waals surface area contributed by atoms with Crippen LogP contribution in [0.25, 0.3) is 0 Å². The van der Waals surface area contributed by atoms with Crippen molar-refractivity contribution in [3.05, 3.63) is 35.4 Å². The lowest BCUT2D eigenvalue weighted by Crippen LogP contribution is -2.37. The van der Waals surface area contributed by atoms with Crippen molar-refractivity contribution in [3.8, 4) is 0 Å². The van der Waals surface area contributed by atoms with Crippen LogP contribution in [0, 0.1) is 6.92 Å². The molecule has 0 bridgehead atoms. The SMILES string of the molecule is Cc1ccccc1CN(CC1CCCO1)C(=O)CCS(C)(=O)=O. The lowest BCUT2D eigenvalue weighted by Gasteiger charge is -2.26. The fraction of sp³-hybridized carbons (Fsp3) is 0.588. The Morgan fingerprint density at radius 1 is 1.35 bits per heavy atom. The summed E-state index contributed by atoms with van der Waals surface area (Å²) in [5.74, 6) is -0.240. The second-order valence-electron chi connectivity index (χ2n) is 6.22. The molecule has 0 spiro atoms. The number of aryl methyl sites for hydroxylation is 1. The maximum Gasteiger partial charge on any atom is 0.223 e. The molecular weight excluding hydrogens is 314 g/mol. The predicted molar refractivity (Wildman–Crippen MR) is 89.9 cm³/mol.